The summed E-state index contributed by atoms with van der Waals surface area (Å²) in [6, 6.07) is 9.43. The number of nitrogens with one attached hydrogen (secondary N) is 1. The van der Waals surface area contributed by atoms with E-state index in [0.29, 0.717) is 5.75 Å². The van der Waals surface area contributed by atoms with Crippen molar-refractivity contribution in [1.82, 2.24) is 0 Å². The number of ether oxygens (including phenoxy) is 1. The van der Waals surface area contributed by atoms with Gasteiger partial charge in [-0.2, -0.15) is 0 Å². The van der Waals surface area contributed by atoms with Crippen molar-refractivity contribution >= 4 is 33.0 Å². The zero-order chi connectivity index (χ0) is 17.7. The molecular formula is C16H15ClFNO4S. The second-order valence-electron chi connectivity index (χ2n) is 4.92. The SMILES string of the molecule is COc1ccc(S(=O)(=O)CCC(=O)Nc2ccc(F)cc2Cl)cc1. The predicted molar refractivity (Wildman–Crippen MR) is 89.7 cm³/mol. The molecule has 0 bridgehead atoms. The van der Waals surface area contributed by atoms with Crippen LogP contribution in [0.2, 0.25) is 5.02 Å². The molecule has 1 N–H and O–H groups in total. The van der Waals surface area contributed by atoms with E-state index in [9.17, 15) is 17.6 Å². The number of benzene rings is 2. The molecule has 2 aromatic carbocycles. The number of carbonyl (C=O) groups is 1. The Bertz CT molecular complexity index is 838. The zero-order valence-electron chi connectivity index (χ0n) is 12.8. The Kier molecular flexibility index (Phi) is 5.80. The van der Waals surface area contributed by atoms with E-state index in [2.05, 4.69) is 5.32 Å². The first-order valence-electron chi connectivity index (χ1n) is 6.93. The van der Waals surface area contributed by atoms with Gasteiger partial charge in [-0.15, -0.1) is 0 Å². The van der Waals surface area contributed by atoms with E-state index in [1.165, 1.54) is 37.4 Å². The first kappa shape index (κ1) is 18.2. The highest BCUT2D eigenvalue weighted by Crippen LogP contribution is 2.23. The van der Waals surface area contributed by atoms with Crippen LogP contribution in [0, 0.1) is 5.82 Å². The highest BCUT2D eigenvalue weighted by atomic mass is 35.5. The molecule has 0 aliphatic carbocycles. The zero-order valence-corrected chi connectivity index (χ0v) is 14.3. The topological polar surface area (TPSA) is 72.5 Å². The fraction of sp³-hybridized carbons (Fsp3) is 0.188. The van der Waals surface area contributed by atoms with Crippen molar-refractivity contribution in [1.29, 1.82) is 0 Å². The van der Waals surface area contributed by atoms with E-state index in [4.69, 9.17) is 16.3 Å². The van der Waals surface area contributed by atoms with Crippen molar-refractivity contribution in [2.45, 2.75) is 11.3 Å². The summed E-state index contributed by atoms with van der Waals surface area (Å²) in [5, 5.41) is 2.50. The number of anilines is 1. The lowest BCUT2D eigenvalue weighted by Gasteiger charge is -2.08. The van der Waals surface area contributed by atoms with Crippen molar-refractivity contribution in [3.8, 4) is 5.75 Å². The summed E-state index contributed by atoms with van der Waals surface area (Å²) in [5.41, 5.74) is 0.227. The summed E-state index contributed by atoms with van der Waals surface area (Å²) in [5.74, 6) is -0.873. The normalized spacial score (nSPS) is 11.1. The lowest BCUT2D eigenvalue weighted by atomic mass is 10.3. The van der Waals surface area contributed by atoms with Gasteiger partial charge in [-0.1, -0.05) is 11.6 Å². The number of amides is 1. The van der Waals surface area contributed by atoms with Crippen LogP contribution >= 0.6 is 11.6 Å². The standard InChI is InChI=1S/C16H15ClFNO4S/c1-23-12-3-5-13(6-4-12)24(21,22)9-8-16(20)19-15-7-2-11(18)10-14(15)17/h2-7,10H,8-9H2,1H3,(H,19,20). The first-order valence-corrected chi connectivity index (χ1v) is 8.96. The Hall–Kier alpha value is -2.12. The number of rotatable bonds is 6. The number of methoxy groups -OCH3 is 1. The van der Waals surface area contributed by atoms with E-state index in [1.54, 1.807) is 0 Å². The Labute approximate surface area is 144 Å². The Morgan fingerprint density at radius 3 is 2.46 bits per heavy atom. The summed E-state index contributed by atoms with van der Waals surface area (Å²) >= 11 is 5.80. The summed E-state index contributed by atoms with van der Waals surface area (Å²) in [7, 11) is -2.12. The van der Waals surface area contributed by atoms with Crippen LogP contribution < -0.4 is 10.1 Å². The average molecular weight is 372 g/mol. The second kappa shape index (κ2) is 7.63. The quantitative estimate of drug-likeness (QED) is 0.845. The van der Waals surface area contributed by atoms with E-state index in [1.807, 2.05) is 0 Å². The summed E-state index contributed by atoms with van der Waals surface area (Å²) in [4.78, 5) is 12.0. The molecule has 1 amide bonds. The molecule has 5 nitrogen and oxygen atoms in total. The van der Waals surface area contributed by atoms with Gasteiger partial charge in [-0.25, -0.2) is 12.8 Å². The maximum Gasteiger partial charge on any atom is 0.225 e. The van der Waals surface area contributed by atoms with Crippen molar-refractivity contribution < 1.29 is 22.3 Å². The van der Waals surface area contributed by atoms with Crippen molar-refractivity contribution in [2.75, 3.05) is 18.2 Å². The third-order valence-corrected chi connectivity index (χ3v) is 5.27. The molecule has 0 radical (unpaired) electrons. The van der Waals surface area contributed by atoms with Gasteiger partial charge in [0.2, 0.25) is 5.91 Å². The molecule has 128 valence electrons. The summed E-state index contributed by atoms with van der Waals surface area (Å²) in [6.45, 7) is 0. The molecule has 0 atom stereocenters. The molecule has 0 saturated carbocycles. The van der Waals surface area contributed by atoms with E-state index >= 15 is 0 Å². The maximum atomic E-state index is 12.9. The smallest absolute Gasteiger partial charge is 0.225 e. The molecule has 2 aromatic rings. The lowest BCUT2D eigenvalue weighted by molar-refractivity contribution is -0.115. The minimum absolute atomic E-state index is 0.0429. The van der Waals surface area contributed by atoms with Crippen molar-refractivity contribution in [2.24, 2.45) is 0 Å². The Morgan fingerprint density at radius 1 is 1.21 bits per heavy atom. The van der Waals surface area contributed by atoms with Gasteiger partial charge in [0.05, 0.1) is 28.5 Å². The molecule has 0 unspecified atom stereocenters. The summed E-state index contributed by atoms with van der Waals surface area (Å²) < 4.78 is 42.3. The van der Waals surface area contributed by atoms with Crippen LogP contribution in [0.4, 0.5) is 10.1 Å². The maximum absolute atomic E-state index is 12.9. The van der Waals surface area contributed by atoms with Crippen LogP contribution in [0.25, 0.3) is 0 Å². The van der Waals surface area contributed by atoms with E-state index in [-0.39, 0.29) is 27.8 Å². The predicted octanol–water partition coefficient (Wildman–Crippen LogP) is 3.29. The molecular weight excluding hydrogens is 357 g/mol. The second-order valence-corrected chi connectivity index (χ2v) is 7.43. The van der Waals surface area contributed by atoms with E-state index in [0.717, 1.165) is 12.1 Å². The van der Waals surface area contributed by atoms with E-state index < -0.39 is 21.6 Å². The minimum Gasteiger partial charge on any atom is -0.497 e. The molecule has 0 spiro atoms. The number of carbonyl (C=O) groups excluding carboxylic acids is 1. The summed E-state index contributed by atoms with van der Waals surface area (Å²) in [6.07, 6.45) is -0.248. The van der Waals surface area contributed by atoms with Gasteiger partial charge in [0, 0.05) is 6.42 Å². The monoisotopic (exact) mass is 371 g/mol. The highest BCUT2D eigenvalue weighted by Gasteiger charge is 2.17. The number of sulfone groups is 1. The molecule has 8 heteroatoms. The Balaban J connectivity index is 1.99. The fourth-order valence-corrected chi connectivity index (χ4v) is 3.39. The van der Waals surface area contributed by atoms with Gasteiger partial charge in [-0.3, -0.25) is 4.79 Å². The van der Waals surface area contributed by atoms with Crippen LogP contribution in [0.1, 0.15) is 6.42 Å². The Morgan fingerprint density at radius 2 is 1.88 bits per heavy atom. The molecule has 0 aliphatic heterocycles. The number of halogens is 2. The van der Waals surface area contributed by atoms with Gasteiger partial charge in [0.1, 0.15) is 11.6 Å². The number of hydrogen-bond acceptors (Lipinski definition) is 4. The van der Waals surface area contributed by atoms with Gasteiger partial charge in [0.25, 0.3) is 0 Å². The molecule has 24 heavy (non-hydrogen) atoms. The van der Waals surface area contributed by atoms with Crippen LogP contribution in [-0.2, 0) is 14.6 Å². The molecule has 0 heterocycles. The lowest BCUT2D eigenvalue weighted by Crippen LogP contribution is -2.17. The molecule has 2 rings (SSSR count). The van der Waals surface area contributed by atoms with Gasteiger partial charge >= 0.3 is 0 Å². The van der Waals surface area contributed by atoms with Gasteiger partial charge in [-0.05, 0) is 42.5 Å². The largest absolute Gasteiger partial charge is 0.497 e. The van der Waals surface area contributed by atoms with Gasteiger partial charge in [0.15, 0.2) is 9.84 Å². The third-order valence-electron chi connectivity index (χ3n) is 3.22. The van der Waals surface area contributed by atoms with Crippen molar-refractivity contribution in [3.05, 3.63) is 53.3 Å². The van der Waals surface area contributed by atoms with Crippen LogP contribution in [0.5, 0.6) is 5.75 Å². The van der Waals surface area contributed by atoms with Crippen molar-refractivity contribution in [3.63, 3.8) is 0 Å². The fourth-order valence-electron chi connectivity index (χ4n) is 1.93. The number of hydrogen-bond donors (Lipinski definition) is 1. The van der Waals surface area contributed by atoms with Crippen LogP contribution in [-0.4, -0.2) is 27.2 Å². The average Bonchev–Trinajstić information content (AvgIpc) is 2.56. The first-order chi connectivity index (χ1) is 11.3. The molecule has 0 aliphatic rings. The molecule has 0 aromatic heterocycles. The third kappa shape index (κ3) is 4.69. The van der Waals surface area contributed by atoms with Crippen LogP contribution in [0.3, 0.4) is 0 Å². The van der Waals surface area contributed by atoms with Crippen LogP contribution in [0.15, 0.2) is 47.4 Å². The molecule has 0 saturated heterocycles. The van der Waals surface area contributed by atoms with Gasteiger partial charge < -0.3 is 10.1 Å². The minimum atomic E-state index is -3.60. The molecule has 0 fully saturated rings. The highest BCUT2D eigenvalue weighted by molar-refractivity contribution is 7.91.